The Morgan fingerprint density at radius 3 is 2.55 bits per heavy atom. The van der Waals surface area contributed by atoms with E-state index < -0.39 is 0 Å². The highest BCUT2D eigenvalue weighted by Gasteiger charge is 2.26. The number of rotatable bonds is 3. The second kappa shape index (κ2) is 7.27. The van der Waals surface area contributed by atoms with Gasteiger partial charge in [0, 0.05) is 24.7 Å². The van der Waals surface area contributed by atoms with Gasteiger partial charge in [0.15, 0.2) is 0 Å². The van der Waals surface area contributed by atoms with Crippen LogP contribution in [-0.4, -0.2) is 49.2 Å². The Kier molecular flexibility index (Phi) is 4.66. The second-order valence-corrected chi connectivity index (χ2v) is 9.56. The van der Waals surface area contributed by atoms with Gasteiger partial charge >= 0.3 is 0 Å². The third-order valence-corrected chi connectivity index (χ3v) is 5.70. The van der Waals surface area contributed by atoms with E-state index in [2.05, 4.69) is 48.1 Å². The van der Waals surface area contributed by atoms with Crippen LogP contribution in [-0.2, 0) is 0 Å². The van der Waals surface area contributed by atoms with E-state index in [4.69, 9.17) is 15.1 Å². The van der Waals surface area contributed by atoms with E-state index in [1.165, 1.54) is 0 Å². The smallest absolute Gasteiger partial charge is 0.129 e. The summed E-state index contributed by atoms with van der Waals surface area (Å²) in [5, 5.41) is 8.41. The maximum absolute atomic E-state index is 4.89. The number of pyridine rings is 2. The molecule has 1 aliphatic heterocycles. The standard InChI is InChI=1S/C24H29N7/c1-15-13-31-22(16(2)25-15)12-21(29-31)20-7-6-19-18(26-20)8-9-23(27-19)30-11-10-17(14-30)28-24(3,4)5/h6-9,12-13,17,28H,10-11,14H2,1-5H3. The van der Waals surface area contributed by atoms with Gasteiger partial charge in [-0.3, -0.25) is 4.98 Å². The molecular formula is C24H29N7. The fraction of sp³-hybridized carbons (Fsp3) is 0.417. The van der Waals surface area contributed by atoms with E-state index in [0.29, 0.717) is 6.04 Å². The summed E-state index contributed by atoms with van der Waals surface area (Å²) in [5.74, 6) is 1.02. The molecule has 0 saturated carbocycles. The molecule has 1 fully saturated rings. The summed E-state index contributed by atoms with van der Waals surface area (Å²) < 4.78 is 1.88. The van der Waals surface area contributed by atoms with Crippen molar-refractivity contribution in [2.24, 2.45) is 0 Å². The maximum atomic E-state index is 4.89. The fourth-order valence-electron chi connectivity index (χ4n) is 4.43. The fourth-order valence-corrected chi connectivity index (χ4v) is 4.43. The zero-order valence-corrected chi connectivity index (χ0v) is 18.8. The molecule has 4 aromatic heterocycles. The summed E-state index contributed by atoms with van der Waals surface area (Å²) in [6.45, 7) is 12.6. The summed E-state index contributed by atoms with van der Waals surface area (Å²) in [7, 11) is 0. The number of hydrogen-bond donors (Lipinski definition) is 1. The van der Waals surface area contributed by atoms with Crippen molar-refractivity contribution in [3.63, 3.8) is 0 Å². The Morgan fingerprint density at radius 2 is 1.74 bits per heavy atom. The Morgan fingerprint density at radius 1 is 0.968 bits per heavy atom. The number of hydrogen-bond acceptors (Lipinski definition) is 6. The van der Waals surface area contributed by atoms with Crippen molar-refractivity contribution in [3.05, 3.63) is 47.9 Å². The molecule has 0 amide bonds. The Balaban J connectivity index is 1.41. The van der Waals surface area contributed by atoms with Gasteiger partial charge < -0.3 is 10.2 Å². The lowest BCUT2D eigenvalue weighted by molar-refractivity contribution is 0.373. The van der Waals surface area contributed by atoms with Crippen LogP contribution in [0.2, 0.25) is 0 Å². The number of aryl methyl sites for hydroxylation is 2. The lowest BCUT2D eigenvalue weighted by Crippen LogP contribution is -2.44. The summed E-state index contributed by atoms with van der Waals surface area (Å²) in [6.07, 6.45) is 3.08. The van der Waals surface area contributed by atoms with E-state index in [1.807, 2.05) is 42.8 Å². The van der Waals surface area contributed by atoms with Crippen molar-refractivity contribution >= 4 is 22.4 Å². The Labute approximate surface area is 182 Å². The molecule has 4 aromatic rings. The molecule has 1 unspecified atom stereocenters. The Bertz CT molecular complexity index is 1270. The molecule has 5 heterocycles. The third-order valence-electron chi connectivity index (χ3n) is 5.70. The molecule has 0 aliphatic carbocycles. The average molecular weight is 416 g/mol. The second-order valence-electron chi connectivity index (χ2n) is 9.56. The molecule has 1 atom stereocenters. The normalized spacial score (nSPS) is 17.2. The molecule has 7 nitrogen and oxygen atoms in total. The zero-order valence-electron chi connectivity index (χ0n) is 18.8. The lowest BCUT2D eigenvalue weighted by Gasteiger charge is -2.26. The summed E-state index contributed by atoms with van der Waals surface area (Å²) >= 11 is 0. The predicted molar refractivity (Wildman–Crippen MR) is 124 cm³/mol. The highest BCUT2D eigenvalue weighted by molar-refractivity contribution is 5.80. The van der Waals surface area contributed by atoms with Crippen LogP contribution >= 0.6 is 0 Å². The van der Waals surface area contributed by atoms with E-state index in [9.17, 15) is 0 Å². The largest absolute Gasteiger partial charge is 0.355 e. The number of fused-ring (bicyclic) bond motifs is 2. The van der Waals surface area contributed by atoms with Crippen molar-refractivity contribution in [2.45, 2.75) is 52.6 Å². The van der Waals surface area contributed by atoms with E-state index in [0.717, 1.165) is 64.7 Å². The van der Waals surface area contributed by atoms with Crippen LogP contribution in [0.25, 0.3) is 27.9 Å². The minimum absolute atomic E-state index is 0.128. The van der Waals surface area contributed by atoms with Gasteiger partial charge in [-0.2, -0.15) is 5.10 Å². The molecule has 0 radical (unpaired) electrons. The minimum atomic E-state index is 0.128. The van der Waals surface area contributed by atoms with Crippen LogP contribution in [0.4, 0.5) is 5.82 Å². The molecule has 5 rings (SSSR count). The van der Waals surface area contributed by atoms with Crippen molar-refractivity contribution in [2.75, 3.05) is 18.0 Å². The first-order chi connectivity index (χ1) is 14.7. The van der Waals surface area contributed by atoms with Crippen LogP contribution in [0.3, 0.4) is 0 Å². The van der Waals surface area contributed by atoms with Gasteiger partial charge in [0.05, 0.1) is 39.8 Å². The van der Waals surface area contributed by atoms with Crippen molar-refractivity contribution < 1.29 is 0 Å². The van der Waals surface area contributed by atoms with Gasteiger partial charge in [-0.25, -0.2) is 14.5 Å². The average Bonchev–Trinajstić information content (AvgIpc) is 3.33. The Hall–Kier alpha value is -3.06. The van der Waals surface area contributed by atoms with Gasteiger partial charge in [-0.15, -0.1) is 0 Å². The molecule has 1 aliphatic rings. The van der Waals surface area contributed by atoms with Crippen molar-refractivity contribution in [1.82, 2.24) is 29.9 Å². The summed E-state index contributed by atoms with van der Waals surface area (Å²) in [6, 6.07) is 10.7. The number of anilines is 1. The topological polar surface area (TPSA) is 71.2 Å². The van der Waals surface area contributed by atoms with Crippen LogP contribution in [0.5, 0.6) is 0 Å². The van der Waals surface area contributed by atoms with Gasteiger partial charge in [-0.1, -0.05) is 0 Å². The molecule has 7 heteroatoms. The number of nitrogens with one attached hydrogen (secondary N) is 1. The molecule has 0 bridgehead atoms. The zero-order chi connectivity index (χ0) is 21.8. The maximum Gasteiger partial charge on any atom is 0.129 e. The molecule has 1 saturated heterocycles. The van der Waals surface area contributed by atoms with Crippen LogP contribution < -0.4 is 10.2 Å². The number of aromatic nitrogens is 5. The van der Waals surface area contributed by atoms with Crippen LogP contribution in [0.1, 0.15) is 38.6 Å². The predicted octanol–water partition coefficient (Wildman–Crippen LogP) is 3.92. The summed E-state index contributed by atoms with van der Waals surface area (Å²) in [4.78, 5) is 16.6. The lowest BCUT2D eigenvalue weighted by atomic mass is 10.1. The van der Waals surface area contributed by atoms with E-state index in [1.54, 1.807) is 0 Å². The first kappa shape index (κ1) is 19.9. The van der Waals surface area contributed by atoms with Gasteiger partial charge in [-0.05, 0) is 71.4 Å². The molecular weight excluding hydrogens is 386 g/mol. The molecule has 0 aromatic carbocycles. The molecule has 160 valence electrons. The van der Waals surface area contributed by atoms with Crippen molar-refractivity contribution in [3.8, 4) is 11.4 Å². The SMILES string of the molecule is Cc1cn2nc(-c3ccc4nc(N5CCC(NC(C)(C)C)C5)ccc4n3)cc2c(C)n1. The third kappa shape index (κ3) is 3.97. The molecule has 31 heavy (non-hydrogen) atoms. The van der Waals surface area contributed by atoms with Gasteiger partial charge in [0.2, 0.25) is 0 Å². The van der Waals surface area contributed by atoms with Crippen LogP contribution in [0.15, 0.2) is 36.5 Å². The van der Waals surface area contributed by atoms with Crippen LogP contribution in [0, 0.1) is 13.8 Å². The highest BCUT2D eigenvalue weighted by atomic mass is 15.2. The van der Waals surface area contributed by atoms with E-state index in [-0.39, 0.29) is 5.54 Å². The minimum Gasteiger partial charge on any atom is -0.355 e. The van der Waals surface area contributed by atoms with Gasteiger partial charge in [0.1, 0.15) is 11.5 Å². The first-order valence-electron chi connectivity index (χ1n) is 10.9. The molecule has 1 N–H and O–H groups in total. The first-order valence-corrected chi connectivity index (χ1v) is 10.9. The van der Waals surface area contributed by atoms with E-state index >= 15 is 0 Å². The van der Waals surface area contributed by atoms with Crippen molar-refractivity contribution in [1.29, 1.82) is 0 Å². The highest BCUT2D eigenvalue weighted by Crippen LogP contribution is 2.25. The molecule has 0 spiro atoms. The monoisotopic (exact) mass is 415 g/mol. The summed E-state index contributed by atoms with van der Waals surface area (Å²) in [5.41, 5.74) is 6.53. The van der Waals surface area contributed by atoms with Gasteiger partial charge in [0.25, 0.3) is 0 Å². The quantitative estimate of drug-likeness (QED) is 0.547. The number of nitrogens with zero attached hydrogens (tertiary/aromatic N) is 6.